The van der Waals surface area contributed by atoms with E-state index in [-0.39, 0.29) is 11.8 Å². The minimum absolute atomic E-state index is 0.226. The fraction of sp³-hybridized carbons (Fsp3) is 0.857. The minimum Gasteiger partial charge on any atom is -0.348 e. The van der Waals surface area contributed by atoms with Crippen LogP contribution in [0.5, 0.6) is 0 Å². The van der Waals surface area contributed by atoms with Crippen molar-refractivity contribution in [3.8, 4) is 0 Å². The molecule has 0 unspecified atom stereocenters. The summed E-state index contributed by atoms with van der Waals surface area (Å²) in [6, 6.07) is -0.968. The Morgan fingerprint density at radius 2 is 1.82 bits per heavy atom. The van der Waals surface area contributed by atoms with Crippen molar-refractivity contribution in [3.05, 3.63) is 0 Å². The van der Waals surface area contributed by atoms with Gasteiger partial charge in [-0.3, -0.25) is 4.79 Å². The Balaban J connectivity index is 3.72. The zero-order valence-electron chi connectivity index (χ0n) is 6.73. The number of carbonyl (C=O) groups excluding carboxylic acids is 1. The van der Waals surface area contributed by atoms with Gasteiger partial charge in [0.15, 0.2) is 0 Å². The summed E-state index contributed by atoms with van der Waals surface area (Å²) in [5.74, 6) is -0.541. The Morgan fingerprint density at radius 1 is 1.36 bits per heavy atom. The SMILES string of the molecule is CC(C)C(=O)NC(CF)CF. The maximum atomic E-state index is 11.8. The first-order valence-electron chi connectivity index (χ1n) is 3.54. The normalized spacial score (nSPS) is 10.7. The Hall–Kier alpha value is -0.670. The molecule has 0 bridgehead atoms. The average molecular weight is 165 g/mol. The molecule has 2 nitrogen and oxygen atoms in total. The molecule has 0 aromatic heterocycles. The second-order valence-corrected chi connectivity index (χ2v) is 2.67. The first-order chi connectivity index (χ1) is 5.11. The van der Waals surface area contributed by atoms with Crippen LogP contribution in [0.3, 0.4) is 0 Å². The number of hydrogen-bond donors (Lipinski definition) is 1. The summed E-state index contributed by atoms with van der Waals surface area (Å²) < 4.78 is 23.7. The lowest BCUT2D eigenvalue weighted by atomic mass is 10.2. The second-order valence-electron chi connectivity index (χ2n) is 2.67. The van der Waals surface area contributed by atoms with Gasteiger partial charge in [-0.05, 0) is 0 Å². The molecular weight excluding hydrogens is 152 g/mol. The van der Waals surface area contributed by atoms with Crippen LogP contribution in [0.1, 0.15) is 13.8 Å². The number of carbonyl (C=O) groups is 1. The lowest BCUT2D eigenvalue weighted by Gasteiger charge is -2.12. The molecular formula is C7H13F2NO. The summed E-state index contributed by atoms with van der Waals surface area (Å²) in [5, 5.41) is 2.23. The van der Waals surface area contributed by atoms with Crippen molar-refractivity contribution in [3.63, 3.8) is 0 Å². The van der Waals surface area contributed by atoms with Crippen LogP contribution < -0.4 is 5.32 Å². The average Bonchev–Trinajstić information content (AvgIpc) is 1.99. The molecule has 0 aromatic rings. The Bertz CT molecular complexity index is 124. The van der Waals surface area contributed by atoms with Crippen molar-refractivity contribution < 1.29 is 13.6 Å². The lowest BCUT2D eigenvalue weighted by molar-refractivity contribution is -0.125. The smallest absolute Gasteiger partial charge is 0.222 e. The Morgan fingerprint density at radius 3 is 2.09 bits per heavy atom. The van der Waals surface area contributed by atoms with Crippen LogP contribution >= 0.6 is 0 Å². The zero-order valence-corrected chi connectivity index (χ0v) is 6.73. The maximum Gasteiger partial charge on any atom is 0.222 e. The summed E-state index contributed by atoms with van der Waals surface area (Å²) in [7, 11) is 0. The highest BCUT2D eigenvalue weighted by Gasteiger charge is 2.13. The molecule has 0 atom stereocenters. The highest BCUT2D eigenvalue weighted by Crippen LogP contribution is 1.94. The van der Waals surface area contributed by atoms with Crippen LogP contribution in [0.4, 0.5) is 8.78 Å². The van der Waals surface area contributed by atoms with E-state index in [2.05, 4.69) is 5.32 Å². The lowest BCUT2D eigenvalue weighted by Crippen LogP contribution is -2.40. The molecule has 11 heavy (non-hydrogen) atoms. The topological polar surface area (TPSA) is 29.1 Å². The number of amides is 1. The van der Waals surface area contributed by atoms with Crippen molar-refractivity contribution in [2.45, 2.75) is 19.9 Å². The van der Waals surface area contributed by atoms with E-state index in [0.29, 0.717) is 0 Å². The molecule has 0 aliphatic carbocycles. The van der Waals surface area contributed by atoms with Crippen LogP contribution in [0, 0.1) is 5.92 Å². The molecule has 0 fully saturated rings. The number of alkyl halides is 2. The molecule has 0 aliphatic heterocycles. The largest absolute Gasteiger partial charge is 0.348 e. The summed E-state index contributed by atoms with van der Waals surface area (Å²) >= 11 is 0. The number of nitrogens with one attached hydrogen (secondary N) is 1. The number of halogens is 2. The van der Waals surface area contributed by atoms with Crippen molar-refractivity contribution in [2.24, 2.45) is 5.92 Å². The van der Waals surface area contributed by atoms with Crippen molar-refractivity contribution in [1.82, 2.24) is 5.32 Å². The van der Waals surface area contributed by atoms with E-state index in [1.807, 2.05) is 0 Å². The third-order valence-electron chi connectivity index (χ3n) is 1.24. The molecule has 66 valence electrons. The molecule has 1 N–H and O–H groups in total. The maximum absolute atomic E-state index is 11.8. The monoisotopic (exact) mass is 165 g/mol. The van der Waals surface area contributed by atoms with Gasteiger partial charge in [-0.25, -0.2) is 8.78 Å². The van der Waals surface area contributed by atoms with Gasteiger partial charge in [0.1, 0.15) is 13.3 Å². The molecule has 1 amide bonds. The van der Waals surface area contributed by atoms with Crippen molar-refractivity contribution in [1.29, 1.82) is 0 Å². The van der Waals surface area contributed by atoms with Gasteiger partial charge in [-0.15, -0.1) is 0 Å². The van der Waals surface area contributed by atoms with E-state index < -0.39 is 19.4 Å². The van der Waals surface area contributed by atoms with E-state index in [1.165, 1.54) is 0 Å². The van der Waals surface area contributed by atoms with Gasteiger partial charge >= 0.3 is 0 Å². The molecule has 0 radical (unpaired) electrons. The quantitative estimate of drug-likeness (QED) is 0.663. The third kappa shape index (κ3) is 3.91. The fourth-order valence-corrected chi connectivity index (χ4v) is 0.486. The third-order valence-corrected chi connectivity index (χ3v) is 1.24. The predicted molar refractivity (Wildman–Crippen MR) is 38.7 cm³/mol. The van der Waals surface area contributed by atoms with Gasteiger partial charge in [-0.1, -0.05) is 13.8 Å². The number of hydrogen-bond acceptors (Lipinski definition) is 1. The standard InChI is InChI=1S/C7H13F2NO/c1-5(2)7(11)10-6(3-8)4-9/h5-6H,3-4H2,1-2H3,(H,10,11). The minimum atomic E-state index is -0.968. The van der Waals surface area contributed by atoms with Gasteiger partial charge < -0.3 is 5.32 Å². The molecule has 0 rings (SSSR count). The van der Waals surface area contributed by atoms with Gasteiger partial charge in [-0.2, -0.15) is 0 Å². The van der Waals surface area contributed by atoms with Crippen molar-refractivity contribution >= 4 is 5.91 Å². The first kappa shape index (κ1) is 10.3. The molecule has 0 saturated carbocycles. The highest BCUT2D eigenvalue weighted by molar-refractivity contribution is 5.78. The summed E-state index contributed by atoms with van der Waals surface area (Å²) in [6.07, 6.45) is 0. The summed E-state index contributed by atoms with van der Waals surface area (Å²) in [6.45, 7) is 1.63. The van der Waals surface area contributed by atoms with Crippen LogP contribution in [-0.2, 0) is 4.79 Å². The van der Waals surface area contributed by atoms with Crippen molar-refractivity contribution in [2.75, 3.05) is 13.3 Å². The zero-order chi connectivity index (χ0) is 8.85. The van der Waals surface area contributed by atoms with Crippen LogP contribution in [0.15, 0.2) is 0 Å². The molecule has 0 heterocycles. The first-order valence-corrected chi connectivity index (χ1v) is 3.54. The molecule has 4 heteroatoms. The summed E-state index contributed by atoms with van der Waals surface area (Å²) in [4.78, 5) is 10.8. The highest BCUT2D eigenvalue weighted by atomic mass is 19.1. The Labute approximate surface area is 65.0 Å². The van der Waals surface area contributed by atoms with Crippen LogP contribution in [-0.4, -0.2) is 25.3 Å². The van der Waals surface area contributed by atoms with E-state index in [4.69, 9.17) is 0 Å². The number of rotatable bonds is 4. The van der Waals surface area contributed by atoms with Crippen LogP contribution in [0.25, 0.3) is 0 Å². The molecule has 0 aliphatic rings. The fourth-order valence-electron chi connectivity index (χ4n) is 0.486. The predicted octanol–water partition coefficient (Wildman–Crippen LogP) is 1.07. The van der Waals surface area contributed by atoms with Gasteiger partial charge in [0.25, 0.3) is 0 Å². The van der Waals surface area contributed by atoms with Gasteiger partial charge in [0, 0.05) is 5.92 Å². The second kappa shape index (κ2) is 5.04. The Kier molecular flexibility index (Phi) is 4.74. The van der Waals surface area contributed by atoms with E-state index in [1.54, 1.807) is 13.8 Å². The molecule has 0 saturated heterocycles. The molecule has 0 spiro atoms. The van der Waals surface area contributed by atoms with E-state index >= 15 is 0 Å². The van der Waals surface area contributed by atoms with E-state index in [9.17, 15) is 13.6 Å². The van der Waals surface area contributed by atoms with Gasteiger partial charge in [0.05, 0.1) is 6.04 Å². The van der Waals surface area contributed by atoms with E-state index in [0.717, 1.165) is 0 Å². The molecule has 0 aromatic carbocycles. The van der Waals surface area contributed by atoms with Crippen LogP contribution in [0.2, 0.25) is 0 Å². The van der Waals surface area contributed by atoms with Gasteiger partial charge in [0.2, 0.25) is 5.91 Å². The summed E-state index contributed by atoms with van der Waals surface area (Å²) in [5.41, 5.74) is 0.